The number of rotatable bonds is 5. The number of alkyl halides is 2. The highest BCUT2D eigenvalue weighted by Crippen LogP contribution is 2.23. The van der Waals surface area contributed by atoms with Gasteiger partial charge in [-0.3, -0.25) is 9.67 Å². The van der Waals surface area contributed by atoms with Crippen molar-refractivity contribution in [2.75, 3.05) is 0 Å². The van der Waals surface area contributed by atoms with Gasteiger partial charge in [-0.2, -0.15) is 8.78 Å². The van der Waals surface area contributed by atoms with Crippen LogP contribution in [0.1, 0.15) is 17.9 Å². The molecule has 0 radical (unpaired) electrons. The lowest BCUT2D eigenvalue weighted by Gasteiger charge is -2.04. The molecular weight excluding hydrogens is 308 g/mol. The van der Waals surface area contributed by atoms with Gasteiger partial charge in [-0.15, -0.1) is 5.10 Å². The predicted octanol–water partition coefficient (Wildman–Crippen LogP) is 3.66. The van der Waals surface area contributed by atoms with Gasteiger partial charge in [-0.05, 0) is 6.92 Å². The Labute approximate surface area is 129 Å². The van der Waals surface area contributed by atoms with Crippen LogP contribution in [0.2, 0.25) is 0 Å². The van der Waals surface area contributed by atoms with Gasteiger partial charge < -0.3 is 0 Å². The van der Waals surface area contributed by atoms with E-state index in [1.54, 1.807) is 0 Å². The van der Waals surface area contributed by atoms with Gasteiger partial charge in [0, 0.05) is 18.0 Å². The summed E-state index contributed by atoms with van der Waals surface area (Å²) in [4.78, 5) is 8.28. The minimum atomic E-state index is -2.59. The molecule has 0 aliphatic rings. The zero-order valence-electron chi connectivity index (χ0n) is 11.7. The smallest absolute Gasteiger partial charge is 0.277 e. The van der Waals surface area contributed by atoms with Crippen LogP contribution in [-0.4, -0.2) is 24.7 Å². The van der Waals surface area contributed by atoms with Crippen LogP contribution in [0.15, 0.2) is 41.8 Å². The molecule has 114 valence electrons. The Kier molecular flexibility index (Phi) is 4.19. The molecule has 22 heavy (non-hydrogen) atoms. The number of imidazole rings is 1. The third-order valence-electron chi connectivity index (χ3n) is 3.08. The summed E-state index contributed by atoms with van der Waals surface area (Å²) in [5.41, 5.74) is 2.09. The van der Waals surface area contributed by atoms with Crippen molar-refractivity contribution in [2.45, 2.75) is 24.4 Å². The molecule has 0 amide bonds. The topological polar surface area (TPSA) is 59.4 Å². The standard InChI is InChI=1S/C14H13F2N5S/c1-9-2-4-10(5-3-9)12-18-14(20-19-12)22-8-11-17-6-7-21(11)13(15)16/h2-7,13H,8H2,1H3,(H,18,19,20). The van der Waals surface area contributed by atoms with Crippen LogP contribution in [0.3, 0.4) is 0 Å². The minimum absolute atomic E-state index is 0.280. The molecule has 3 rings (SSSR count). The number of halogens is 2. The van der Waals surface area contributed by atoms with E-state index in [9.17, 15) is 8.78 Å². The molecule has 0 spiro atoms. The molecule has 0 aliphatic carbocycles. The number of thioether (sulfide) groups is 1. The van der Waals surface area contributed by atoms with Crippen LogP contribution in [0.25, 0.3) is 11.4 Å². The number of hydrogen-bond donors (Lipinski definition) is 1. The molecule has 5 nitrogen and oxygen atoms in total. The molecule has 0 saturated heterocycles. The van der Waals surface area contributed by atoms with Crippen molar-refractivity contribution < 1.29 is 8.78 Å². The maximum absolute atomic E-state index is 12.7. The van der Waals surface area contributed by atoms with Crippen LogP contribution >= 0.6 is 11.8 Å². The summed E-state index contributed by atoms with van der Waals surface area (Å²) in [5.74, 6) is 1.23. The third-order valence-corrected chi connectivity index (χ3v) is 3.92. The van der Waals surface area contributed by atoms with E-state index in [0.717, 1.165) is 15.7 Å². The van der Waals surface area contributed by atoms with Crippen molar-refractivity contribution in [3.63, 3.8) is 0 Å². The molecule has 2 aromatic heterocycles. The lowest BCUT2D eigenvalue weighted by atomic mass is 10.1. The maximum Gasteiger partial charge on any atom is 0.319 e. The quantitative estimate of drug-likeness (QED) is 0.729. The Morgan fingerprint density at radius 2 is 2.05 bits per heavy atom. The van der Waals surface area contributed by atoms with E-state index < -0.39 is 6.55 Å². The molecule has 0 unspecified atom stereocenters. The highest BCUT2D eigenvalue weighted by atomic mass is 32.2. The summed E-state index contributed by atoms with van der Waals surface area (Å²) in [6, 6.07) is 7.88. The zero-order valence-corrected chi connectivity index (χ0v) is 12.5. The number of nitrogens with one attached hydrogen (secondary N) is 1. The van der Waals surface area contributed by atoms with E-state index in [2.05, 4.69) is 20.2 Å². The van der Waals surface area contributed by atoms with Crippen molar-refractivity contribution in [1.29, 1.82) is 0 Å². The van der Waals surface area contributed by atoms with Crippen molar-refractivity contribution in [1.82, 2.24) is 24.7 Å². The molecule has 8 heteroatoms. The normalized spacial score (nSPS) is 11.3. The fourth-order valence-electron chi connectivity index (χ4n) is 1.91. The zero-order chi connectivity index (χ0) is 15.5. The highest BCUT2D eigenvalue weighted by Gasteiger charge is 2.13. The van der Waals surface area contributed by atoms with Gasteiger partial charge in [0.1, 0.15) is 5.82 Å². The monoisotopic (exact) mass is 321 g/mol. The van der Waals surface area contributed by atoms with Crippen molar-refractivity contribution in [3.05, 3.63) is 48.0 Å². The van der Waals surface area contributed by atoms with Crippen LogP contribution in [-0.2, 0) is 5.75 Å². The second-order valence-electron chi connectivity index (χ2n) is 4.65. The summed E-state index contributed by atoms with van der Waals surface area (Å²) >= 11 is 1.26. The lowest BCUT2D eigenvalue weighted by molar-refractivity contribution is 0.0678. The minimum Gasteiger partial charge on any atom is -0.277 e. The molecule has 1 aromatic carbocycles. The average molecular weight is 321 g/mol. The Hall–Kier alpha value is -2.22. The molecule has 1 N–H and O–H groups in total. The largest absolute Gasteiger partial charge is 0.319 e. The predicted molar refractivity (Wildman–Crippen MR) is 79.6 cm³/mol. The number of aromatic amines is 1. The van der Waals surface area contributed by atoms with E-state index in [1.807, 2.05) is 31.2 Å². The Morgan fingerprint density at radius 1 is 1.27 bits per heavy atom. The van der Waals surface area contributed by atoms with Gasteiger partial charge in [0.15, 0.2) is 5.82 Å². The van der Waals surface area contributed by atoms with E-state index >= 15 is 0 Å². The first-order valence-corrected chi connectivity index (χ1v) is 7.54. The first kappa shape index (κ1) is 14.7. The molecule has 0 bridgehead atoms. The lowest BCUT2D eigenvalue weighted by Crippen LogP contribution is -2.02. The number of benzene rings is 1. The molecule has 0 saturated carbocycles. The highest BCUT2D eigenvalue weighted by molar-refractivity contribution is 7.98. The Morgan fingerprint density at radius 3 is 2.77 bits per heavy atom. The van der Waals surface area contributed by atoms with Gasteiger partial charge in [-0.1, -0.05) is 41.6 Å². The second-order valence-corrected chi connectivity index (χ2v) is 5.59. The van der Waals surface area contributed by atoms with E-state index in [-0.39, 0.29) is 5.75 Å². The summed E-state index contributed by atoms with van der Waals surface area (Å²) in [7, 11) is 0. The fraction of sp³-hybridized carbons (Fsp3) is 0.214. The molecule has 0 atom stereocenters. The van der Waals surface area contributed by atoms with Crippen molar-refractivity contribution in [2.24, 2.45) is 0 Å². The number of aromatic nitrogens is 5. The Balaban J connectivity index is 1.69. The van der Waals surface area contributed by atoms with Gasteiger partial charge in [0.25, 0.3) is 0 Å². The van der Waals surface area contributed by atoms with Crippen LogP contribution in [0.4, 0.5) is 8.78 Å². The van der Waals surface area contributed by atoms with E-state index in [4.69, 9.17) is 0 Å². The van der Waals surface area contributed by atoms with Crippen LogP contribution < -0.4 is 0 Å². The maximum atomic E-state index is 12.7. The van der Waals surface area contributed by atoms with Crippen LogP contribution in [0, 0.1) is 6.92 Å². The average Bonchev–Trinajstić information content (AvgIpc) is 3.15. The first-order valence-electron chi connectivity index (χ1n) is 6.55. The molecule has 3 aromatic rings. The first-order chi connectivity index (χ1) is 10.6. The van der Waals surface area contributed by atoms with Crippen LogP contribution in [0.5, 0.6) is 0 Å². The second kappa shape index (κ2) is 6.27. The van der Waals surface area contributed by atoms with Crippen molar-refractivity contribution in [3.8, 4) is 11.4 Å². The Bertz CT molecular complexity index is 751. The van der Waals surface area contributed by atoms with Gasteiger partial charge in [0.2, 0.25) is 5.16 Å². The van der Waals surface area contributed by atoms with Gasteiger partial charge in [0.05, 0.1) is 5.75 Å². The van der Waals surface area contributed by atoms with Crippen molar-refractivity contribution >= 4 is 11.8 Å². The number of nitrogens with zero attached hydrogens (tertiary/aromatic N) is 4. The summed E-state index contributed by atoms with van der Waals surface area (Å²) < 4.78 is 26.3. The van der Waals surface area contributed by atoms with Gasteiger partial charge >= 0.3 is 6.55 Å². The summed E-state index contributed by atoms with van der Waals surface area (Å²) in [5, 5.41) is 7.44. The van der Waals surface area contributed by atoms with E-state index in [0.29, 0.717) is 16.8 Å². The van der Waals surface area contributed by atoms with Gasteiger partial charge in [-0.25, -0.2) is 9.97 Å². The third kappa shape index (κ3) is 3.16. The number of aryl methyl sites for hydroxylation is 1. The summed E-state index contributed by atoms with van der Waals surface area (Å²) in [6.45, 7) is -0.579. The molecule has 2 heterocycles. The fourth-order valence-corrected chi connectivity index (χ4v) is 2.66. The molecular formula is C14H13F2N5S. The molecule has 0 aliphatic heterocycles. The summed E-state index contributed by atoms with van der Waals surface area (Å²) in [6.07, 6.45) is 2.62. The van der Waals surface area contributed by atoms with E-state index in [1.165, 1.54) is 24.2 Å². The molecule has 0 fully saturated rings. The SMILES string of the molecule is Cc1ccc(-c2nc(SCc3nccn3C(F)F)n[nH]2)cc1. The number of hydrogen-bond acceptors (Lipinski definition) is 4. The number of H-pyrrole nitrogens is 1.